The van der Waals surface area contributed by atoms with Gasteiger partial charge in [0.15, 0.2) is 0 Å². The fourth-order valence-corrected chi connectivity index (χ4v) is 5.11. The number of rotatable bonds is 15. The summed E-state index contributed by atoms with van der Waals surface area (Å²) in [5.41, 5.74) is 1.09. The van der Waals surface area contributed by atoms with Crippen molar-refractivity contribution in [2.24, 2.45) is 17.8 Å². The Morgan fingerprint density at radius 1 is 1.16 bits per heavy atom. The highest BCUT2D eigenvalue weighted by Gasteiger charge is 2.22. The maximum absolute atomic E-state index is 12.4. The van der Waals surface area contributed by atoms with E-state index in [4.69, 9.17) is 9.47 Å². The van der Waals surface area contributed by atoms with Gasteiger partial charge in [0.05, 0.1) is 18.3 Å². The molecule has 214 valence electrons. The first-order valence-electron chi connectivity index (χ1n) is 14.7. The average molecular weight is 529 g/mol. The molecule has 0 aromatic carbocycles. The Morgan fingerprint density at radius 3 is 2.68 bits per heavy atom. The van der Waals surface area contributed by atoms with Crippen molar-refractivity contribution in [1.29, 1.82) is 0 Å². The van der Waals surface area contributed by atoms with E-state index in [9.17, 15) is 15.0 Å². The Labute approximate surface area is 231 Å². The molecule has 0 fully saturated rings. The number of hydrogen-bond donors (Lipinski definition) is 2. The summed E-state index contributed by atoms with van der Waals surface area (Å²) in [5.74, 6) is 0.663. The standard InChI is InChI=1S/C33H52O5/c1-6-32(30(34)20-19-27-13-9-7-8-10-14-27)38-33(36)18-12-16-28-15-11-17-29(37-28)22-25(4)21-26(5)23-31(35)24(2)3/h7,9,11-12,15,18-20,24-25,27-32,34-35H,5-6,8,10,13-14,16-17,21-23H2,1-4H3/b18-12-,20-19+/t25?,27?,28?,29-,30?,31-,32?/m0/s1. The molecule has 0 aromatic heterocycles. The van der Waals surface area contributed by atoms with Crippen molar-refractivity contribution in [3.8, 4) is 0 Å². The summed E-state index contributed by atoms with van der Waals surface area (Å²) in [6, 6.07) is 0. The summed E-state index contributed by atoms with van der Waals surface area (Å²) >= 11 is 0. The van der Waals surface area contributed by atoms with Gasteiger partial charge in [-0.15, -0.1) is 0 Å². The Kier molecular flexibility index (Phi) is 14.9. The SMILES string of the molecule is C=C(CC(C)C[C@@H]1CC=CC(C/C=C\C(=O)OC(CC)C(O)/C=C/C2CC=CCCC2)O1)C[C@H](O)C(C)C. The lowest BCUT2D eigenvalue weighted by atomic mass is 9.90. The summed E-state index contributed by atoms with van der Waals surface area (Å²) in [5, 5.41) is 20.7. The molecule has 0 saturated heterocycles. The molecule has 0 saturated carbocycles. The van der Waals surface area contributed by atoms with E-state index in [0.717, 1.165) is 50.5 Å². The molecule has 38 heavy (non-hydrogen) atoms. The predicted octanol–water partition coefficient (Wildman–Crippen LogP) is 7.01. The molecule has 2 aliphatic rings. The van der Waals surface area contributed by atoms with Gasteiger partial charge < -0.3 is 19.7 Å². The highest BCUT2D eigenvalue weighted by atomic mass is 16.6. The van der Waals surface area contributed by atoms with Crippen LogP contribution < -0.4 is 0 Å². The van der Waals surface area contributed by atoms with Gasteiger partial charge in [-0.05, 0) is 82.0 Å². The van der Waals surface area contributed by atoms with Crippen molar-refractivity contribution in [2.45, 2.75) is 122 Å². The van der Waals surface area contributed by atoms with Gasteiger partial charge in [-0.2, -0.15) is 0 Å². The van der Waals surface area contributed by atoms with Crippen LogP contribution in [0, 0.1) is 17.8 Å². The minimum Gasteiger partial charge on any atom is -0.456 e. The van der Waals surface area contributed by atoms with Crippen LogP contribution in [0.4, 0.5) is 0 Å². The number of carbonyl (C=O) groups is 1. The van der Waals surface area contributed by atoms with E-state index in [-0.39, 0.29) is 24.2 Å². The molecule has 0 aromatic rings. The highest BCUT2D eigenvalue weighted by Crippen LogP contribution is 2.26. The van der Waals surface area contributed by atoms with Crippen LogP contribution in [0.2, 0.25) is 0 Å². The van der Waals surface area contributed by atoms with Crippen LogP contribution in [0.25, 0.3) is 0 Å². The topological polar surface area (TPSA) is 76.0 Å². The van der Waals surface area contributed by atoms with Crippen molar-refractivity contribution < 1.29 is 24.5 Å². The molecule has 5 nitrogen and oxygen atoms in total. The first-order chi connectivity index (χ1) is 18.2. The van der Waals surface area contributed by atoms with E-state index >= 15 is 0 Å². The van der Waals surface area contributed by atoms with Gasteiger partial charge in [0.25, 0.3) is 0 Å². The van der Waals surface area contributed by atoms with Crippen molar-refractivity contribution in [1.82, 2.24) is 0 Å². The summed E-state index contributed by atoms with van der Waals surface area (Å²) in [6.45, 7) is 12.3. The van der Waals surface area contributed by atoms with Crippen LogP contribution in [0.5, 0.6) is 0 Å². The normalized spacial score (nSPS) is 25.4. The van der Waals surface area contributed by atoms with E-state index in [1.807, 2.05) is 20.8 Å². The summed E-state index contributed by atoms with van der Waals surface area (Å²) in [6.07, 6.45) is 23.0. The number of ether oxygens (including phenoxy) is 2. The number of carbonyl (C=O) groups excluding carboxylic acids is 1. The van der Waals surface area contributed by atoms with Gasteiger partial charge in [0, 0.05) is 6.08 Å². The molecule has 0 spiro atoms. The Hall–Kier alpha value is -1.95. The van der Waals surface area contributed by atoms with Crippen molar-refractivity contribution in [2.75, 3.05) is 0 Å². The summed E-state index contributed by atoms with van der Waals surface area (Å²) in [4.78, 5) is 12.4. The van der Waals surface area contributed by atoms with Gasteiger partial charge in [-0.3, -0.25) is 0 Å². The van der Waals surface area contributed by atoms with Gasteiger partial charge in [0.2, 0.25) is 0 Å². The molecule has 5 heteroatoms. The van der Waals surface area contributed by atoms with Crippen molar-refractivity contribution >= 4 is 5.97 Å². The van der Waals surface area contributed by atoms with Crippen LogP contribution in [-0.4, -0.2) is 46.7 Å². The van der Waals surface area contributed by atoms with E-state index in [1.165, 1.54) is 6.08 Å². The molecular formula is C33H52O5. The Bertz CT molecular complexity index is 823. The largest absolute Gasteiger partial charge is 0.456 e. The number of aliphatic hydroxyl groups is 2. The van der Waals surface area contributed by atoms with E-state index < -0.39 is 18.2 Å². The predicted molar refractivity (Wildman–Crippen MR) is 156 cm³/mol. The zero-order chi connectivity index (χ0) is 27.9. The molecule has 1 heterocycles. The average Bonchev–Trinajstić information content (AvgIpc) is 3.14. The monoisotopic (exact) mass is 528 g/mol. The Morgan fingerprint density at radius 2 is 1.95 bits per heavy atom. The molecule has 1 aliphatic carbocycles. The van der Waals surface area contributed by atoms with Crippen LogP contribution >= 0.6 is 0 Å². The molecule has 2 rings (SSSR count). The molecular weight excluding hydrogens is 476 g/mol. The first-order valence-corrected chi connectivity index (χ1v) is 14.7. The lowest BCUT2D eigenvalue weighted by Gasteiger charge is -2.28. The lowest BCUT2D eigenvalue weighted by Crippen LogP contribution is -2.29. The fourth-order valence-electron chi connectivity index (χ4n) is 5.11. The number of hydrogen-bond acceptors (Lipinski definition) is 5. The maximum atomic E-state index is 12.4. The van der Waals surface area contributed by atoms with E-state index in [1.54, 1.807) is 12.2 Å². The van der Waals surface area contributed by atoms with Crippen molar-refractivity contribution in [3.63, 3.8) is 0 Å². The number of aliphatic hydroxyl groups excluding tert-OH is 2. The smallest absolute Gasteiger partial charge is 0.330 e. The number of esters is 1. The summed E-state index contributed by atoms with van der Waals surface area (Å²) in [7, 11) is 0. The highest BCUT2D eigenvalue weighted by molar-refractivity contribution is 5.82. The van der Waals surface area contributed by atoms with Gasteiger partial charge >= 0.3 is 5.97 Å². The maximum Gasteiger partial charge on any atom is 0.330 e. The van der Waals surface area contributed by atoms with Crippen molar-refractivity contribution in [3.05, 3.63) is 60.8 Å². The molecule has 0 bridgehead atoms. The third kappa shape index (κ3) is 12.7. The second-order valence-corrected chi connectivity index (χ2v) is 11.6. The quantitative estimate of drug-likeness (QED) is 0.136. The van der Waals surface area contributed by atoms with Gasteiger partial charge in [0.1, 0.15) is 12.2 Å². The summed E-state index contributed by atoms with van der Waals surface area (Å²) < 4.78 is 11.8. The fraction of sp³-hybridized carbons (Fsp3) is 0.667. The number of allylic oxidation sites excluding steroid dienone is 3. The van der Waals surface area contributed by atoms with Crippen LogP contribution in [-0.2, 0) is 14.3 Å². The Balaban J connectivity index is 1.73. The molecule has 0 radical (unpaired) electrons. The first kappa shape index (κ1) is 32.3. The molecule has 7 atom stereocenters. The molecule has 0 amide bonds. The second-order valence-electron chi connectivity index (χ2n) is 11.6. The van der Waals surface area contributed by atoms with Gasteiger partial charge in [-0.1, -0.05) is 82.4 Å². The molecule has 2 N–H and O–H groups in total. The van der Waals surface area contributed by atoms with E-state index in [0.29, 0.717) is 31.1 Å². The second kappa shape index (κ2) is 17.6. The lowest BCUT2D eigenvalue weighted by molar-refractivity contribution is -0.147. The zero-order valence-corrected chi connectivity index (χ0v) is 24.1. The van der Waals surface area contributed by atoms with Crippen LogP contribution in [0.1, 0.15) is 91.9 Å². The molecule has 1 aliphatic heterocycles. The molecule has 5 unspecified atom stereocenters. The van der Waals surface area contributed by atoms with Crippen LogP contribution in [0.3, 0.4) is 0 Å². The third-order valence-electron chi connectivity index (χ3n) is 7.49. The third-order valence-corrected chi connectivity index (χ3v) is 7.49. The minimum atomic E-state index is -0.804. The van der Waals surface area contributed by atoms with Gasteiger partial charge in [-0.25, -0.2) is 4.79 Å². The zero-order valence-electron chi connectivity index (χ0n) is 24.1. The van der Waals surface area contributed by atoms with E-state index in [2.05, 4.69) is 43.9 Å². The minimum absolute atomic E-state index is 0.0694. The van der Waals surface area contributed by atoms with Crippen LogP contribution in [0.15, 0.2) is 60.8 Å².